The van der Waals surface area contributed by atoms with Gasteiger partial charge >= 0.3 is 0 Å². The van der Waals surface area contributed by atoms with E-state index in [9.17, 15) is 4.79 Å². The number of aromatic nitrogens is 1. The molecule has 22 heavy (non-hydrogen) atoms. The van der Waals surface area contributed by atoms with E-state index in [0.29, 0.717) is 23.6 Å². The summed E-state index contributed by atoms with van der Waals surface area (Å²) in [5, 5.41) is 6.08. The minimum Gasteiger partial charge on any atom is -0.492 e. The summed E-state index contributed by atoms with van der Waals surface area (Å²) < 4.78 is 5.51. The summed E-state index contributed by atoms with van der Waals surface area (Å²) >= 11 is 0. The van der Waals surface area contributed by atoms with Crippen LogP contribution < -0.4 is 15.4 Å². The Labute approximate surface area is 130 Å². The first-order valence-electron chi connectivity index (χ1n) is 7.46. The standard InChI is InChI=1S/C17H21N3O2/c1-3-9-19-14-10-13(11-18-12-14)17(21)20-15-7-5-6-8-16(15)22-4-2/h5-8,10-12,19H,3-4,9H2,1-2H3,(H,20,21). The van der Waals surface area contributed by atoms with Crippen LogP contribution in [0.2, 0.25) is 0 Å². The third-order valence-electron chi connectivity index (χ3n) is 3.01. The smallest absolute Gasteiger partial charge is 0.257 e. The maximum Gasteiger partial charge on any atom is 0.257 e. The number of anilines is 2. The molecule has 0 saturated carbocycles. The lowest BCUT2D eigenvalue weighted by Gasteiger charge is -2.11. The van der Waals surface area contributed by atoms with Crippen molar-refractivity contribution in [3.63, 3.8) is 0 Å². The first-order valence-corrected chi connectivity index (χ1v) is 7.46. The fraction of sp³-hybridized carbons (Fsp3) is 0.294. The van der Waals surface area contributed by atoms with E-state index in [1.54, 1.807) is 18.5 Å². The van der Waals surface area contributed by atoms with Crippen LogP contribution in [0.1, 0.15) is 30.6 Å². The van der Waals surface area contributed by atoms with Crippen molar-refractivity contribution in [1.82, 2.24) is 4.98 Å². The van der Waals surface area contributed by atoms with Crippen LogP contribution in [0.3, 0.4) is 0 Å². The molecule has 0 atom stereocenters. The maximum absolute atomic E-state index is 12.4. The molecule has 1 aromatic carbocycles. The Morgan fingerprint density at radius 2 is 2.05 bits per heavy atom. The number of para-hydroxylation sites is 2. The van der Waals surface area contributed by atoms with Crippen LogP contribution in [0.25, 0.3) is 0 Å². The van der Waals surface area contributed by atoms with Crippen LogP contribution in [0.4, 0.5) is 11.4 Å². The molecule has 0 unspecified atom stereocenters. The molecule has 2 N–H and O–H groups in total. The van der Waals surface area contributed by atoms with Crippen molar-refractivity contribution in [3.05, 3.63) is 48.3 Å². The zero-order valence-electron chi connectivity index (χ0n) is 12.9. The summed E-state index contributed by atoms with van der Waals surface area (Å²) in [6.07, 6.45) is 4.27. The van der Waals surface area contributed by atoms with Gasteiger partial charge in [-0.3, -0.25) is 9.78 Å². The van der Waals surface area contributed by atoms with Crippen molar-refractivity contribution in [2.45, 2.75) is 20.3 Å². The van der Waals surface area contributed by atoms with Crippen LogP contribution in [-0.2, 0) is 0 Å². The van der Waals surface area contributed by atoms with Gasteiger partial charge < -0.3 is 15.4 Å². The molecule has 0 bridgehead atoms. The largest absolute Gasteiger partial charge is 0.492 e. The van der Waals surface area contributed by atoms with E-state index in [1.807, 2.05) is 31.2 Å². The highest BCUT2D eigenvalue weighted by Crippen LogP contribution is 2.24. The van der Waals surface area contributed by atoms with Crippen molar-refractivity contribution in [3.8, 4) is 5.75 Å². The van der Waals surface area contributed by atoms with E-state index in [2.05, 4.69) is 22.5 Å². The van der Waals surface area contributed by atoms with Gasteiger partial charge in [0, 0.05) is 18.9 Å². The molecule has 2 aromatic rings. The van der Waals surface area contributed by atoms with Gasteiger partial charge in [-0.2, -0.15) is 0 Å². The first kappa shape index (κ1) is 15.8. The zero-order chi connectivity index (χ0) is 15.8. The molecule has 5 heteroatoms. The van der Waals surface area contributed by atoms with Gasteiger partial charge in [0.1, 0.15) is 5.75 Å². The Hall–Kier alpha value is -2.56. The fourth-order valence-corrected chi connectivity index (χ4v) is 1.98. The van der Waals surface area contributed by atoms with E-state index in [-0.39, 0.29) is 5.91 Å². The Balaban J connectivity index is 2.12. The van der Waals surface area contributed by atoms with Gasteiger partial charge in [0.15, 0.2) is 0 Å². The summed E-state index contributed by atoms with van der Waals surface area (Å²) in [6, 6.07) is 9.17. The summed E-state index contributed by atoms with van der Waals surface area (Å²) in [5.74, 6) is 0.450. The lowest BCUT2D eigenvalue weighted by molar-refractivity contribution is 0.102. The normalized spacial score (nSPS) is 10.1. The number of carbonyl (C=O) groups is 1. The van der Waals surface area contributed by atoms with Gasteiger partial charge in [-0.05, 0) is 31.5 Å². The van der Waals surface area contributed by atoms with E-state index in [4.69, 9.17) is 4.74 Å². The zero-order valence-corrected chi connectivity index (χ0v) is 12.9. The second-order valence-corrected chi connectivity index (χ2v) is 4.77. The Bertz CT molecular complexity index is 629. The monoisotopic (exact) mass is 299 g/mol. The summed E-state index contributed by atoms with van der Waals surface area (Å²) in [6.45, 7) is 5.39. The minimum atomic E-state index is -0.209. The van der Waals surface area contributed by atoms with Crippen LogP contribution in [0, 0.1) is 0 Å². The number of carbonyl (C=O) groups excluding carboxylic acids is 1. The minimum absolute atomic E-state index is 0.209. The van der Waals surface area contributed by atoms with Crippen molar-refractivity contribution >= 4 is 17.3 Å². The third kappa shape index (κ3) is 4.22. The molecule has 0 radical (unpaired) electrons. The average Bonchev–Trinajstić information content (AvgIpc) is 2.55. The predicted molar refractivity (Wildman–Crippen MR) is 88.6 cm³/mol. The summed E-state index contributed by atoms with van der Waals surface area (Å²) in [4.78, 5) is 16.5. The van der Waals surface area contributed by atoms with Gasteiger partial charge in [0.2, 0.25) is 0 Å². The molecule has 116 valence electrons. The number of nitrogens with one attached hydrogen (secondary N) is 2. The number of pyridine rings is 1. The van der Waals surface area contributed by atoms with Crippen LogP contribution >= 0.6 is 0 Å². The molecule has 0 fully saturated rings. The molecule has 5 nitrogen and oxygen atoms in total. The molecule has 0 aliphatic heterocycles. The Morgan fingerprint density at radius 1 is 1.23 bits per heavy atom. The maximum atomic E-state index is 12.4. The fourth-order valence-electron chi connectivity index (χ4n) is 1.98. The van der Waals surface area contributed by atoms with Crippen molar-refractivity contribution in [2.24, 2.45) is 0 Å². The molecule has 2 rings (SSSR count). The van der Waals surface area contributed by atoms with Gasteiger partial charge in [-0.1, -0.05) is 19.1 Å². The third-order valence-corrected chi connectivity index (χ3v) is 3.01. The van der Waals surface area contributed by atoms with Crippen molar-refractivity contribution in [2.75, 3.05) is 23.8 Å². The molecule has 0 aliphatic carbocycles. The Morgan fingerprint density at radius 3 is 2.82 bits per heavy atom. The highest BCUT2D eigenvalue weighted by Gasteiger charge is 2.10. The summed E-state index contributed by atoms with van der Waals surface area (Å²) in [5.41, 5.74) is 2.00. The van der Waals surface area contributed by atoms with Gasteiger partial charge in [0.25, 0.3) is 5.91 Å². The average molecular weight is 299 g/mol. The SMILES string of the molecule is CCCNc1cncc(C(=O)Nc2ccccc2OCC)c1. The second-order valence-electron chi connectivity index (χ2n) is 4.77. The topological polar surface area (TPSA) is 63.2 Å². The Kier molecular flexibility index (Phi) is 5.77. The predicted octanol–water partition coefficient (Wildman–Crippen LogP) is 3.55. The number of nitrogens with zero attached hydrogens (tertiary/aromatic N) is 1. The van der Waals surface area contributed by atoms with E-state index < -0.39 is 0 Å². The number of ether oxygens (including phenoxy) is 1. The molecule has 0 saturated heterocycles. The molecule has 1 heterocycles. The molecular formula is C17H21N3O2. The quantitative estimate of drug-likeness (QED) is 0.820. The highest BCUT2D eigenvalue weighted by molar-refractivity contribution is 6.05. The van der Waals surface area contributed by atoms with Gasteiger partial charge in [-0.15, -0.1) is 0 Å². The number of hydrogen-bond donors (Lipinski definition) is 2. The van der Waals surface area contributed by atoms with Crippen LogP contribution in [0.15, 0.2) is 42.7 Å². The molecule has 0 aliphatic rings. The van der Waals surface area contributed by atoms with Crippen molar-refractivity contribution in [1.29, 1.82) is 0 Å². The van der Waals surface area contributed by atoms with E-state index in [0.717, 1.165) is 18.7 Å². The lowest BCUT2D eigenvalue weighted by atomic mass is 10.2. The van der Waals surface area contributed by atoms with Crippen LogP contribution in [-0.4, -0.2) is 24.0 Å². The number of hydrogen-bond acceptors (Lipinski definition) is 4. The molecular weight excluding hydrogens is 278 g/mol. The number of amides is 1. The van der Waals surface area contributed by atoms with Gasteiger partial charge in [0.05, 0.1) is 23.5 Å². The number of rotatable bonds is 7. The first-order chi connectivity index (χ1) is 10.7. The second kappa shape index (κ2) is 8.02. The number of benzene rings is 1. The van der Waals surface area contributed by atoms with E-state index in [1.165, 1.54) is 0 Å². The van der Waals surface area contributed by atoms with E-state index >= 15 is 0 Å². The lowest BCUT2D eigenvalue weighted by Crippen LogP contribution is -2.14. The molecule has 1 amide bonds. The molecule has 0 spiro atoms. The molecule has 1 aromatic heterocycles. The van der Waals surface area contributed by atoms with Gasteiger partial charge in [-0.25, -0.2) is 0 Å². The van der Waals surface area contributed by atoms with Crippen LogP contribution in [0.5, 0.6) is 5.75 Å². The highest BCUT2D eigenvalue weighted by atomic mass is 16.5. The van der Waals surface area contributed by atoms with Crippen molar-refractivity contribution < 1.29 is 9.53 Å². The summed E-state index contributed by atoms with van der Waals surface area (Å²) in [7, 11) is 0.